The number of hydrogen-bond donors (Lipinski definition) is 1. The fourth-order valence-electron chi connectivity index (χ4n) is 2.36. The number of hydrogen-bond acceptors (Lipinski definition) is 4. The van der Waals surface area contributed by atoms with E-state index in [0.29, 0.717) is 12.1 Å². The van der Waals surface area contributed by atoms with Gasteiger partial charge in [0.25, 0.3) is 5.91 Å². The quantitative estimate of drug-likeness (QED) is 0.608. The van der Waals surface area contributed by atoms with Crippen LogP contribution >= 0.6 is 11.8 Å². The lowest BCUT2D eigenvalue weighted by molar-refractivity contribution is -0.149. The fourth-order valence-corrected chi connectivity index (χ4v) is 2.82. The third kappa shape index (κ3) is 5.13. The van der Waals surface area contributed by atoms with Crippen molar-refractivity contribution < 1.29 is 14.3 Å². The molecule has 0 aromatic heterocycles. The second-order valence-electron chi connectivity index (χ2n) is 5.26. The minimum absolute atomic E-state index is 0.286. The van der Waals surface area contributed by atoms with Crippen LogP contribution in [0.15, 0.2) is 59.5 Å². The van der Waals surface area contributed by atoms with Crippen LogP contribution in [0.5, 0.6) is 0 Å². The molecule has 0 saturated heterocycles. The Labute approximate surface area is 146 Å². The highest BCUT2D eigenvalue weighted by atomic mass is 32.2. The molecule has 0 spiro atoms. The van der Waals surface area contributed by atoms with Crippen LogP contribution in [0, 0.1) is 0 Å². The van der Waals surface area contributed by atoms with Crippen molar-refractivity contribution in [2.75, 3.05) is 18.2 Å². The molecule has 2 rings (SSSR count). The normalized spacial score (nSPS) is 11.6. The summed E-state index contributed by atoms with van der Waals surface area (Å²) in [5.41, 5.74) is 1.59. The molecule has 2 aromatic carbocycles. The molecule has 0 aliphatic rings. The van der Waals surface area contributed by atoms with Crippen molar-refractivity contribution in [2.24, 2.45) is 0 Å². The highest BCUT2D eigenvalue weighted by Crippen LogP contribution is 2.21. The predicted octanol–water partition coefficient (Wildman–Crippen LogP) is 4.08. The SMILES string of the molecule is CC[C@H](C(=O)OCC(=O)Nc1cccc(SC)c1)c1ccccc1. The number of ether oxygens (including phenoxy) is 1. The molecular formula is C19H21NO3S. The van der Waals surface area contributed by atoms with Crippen molar-refractivity contribution in [1.29, 1.82) is 0 Å². The minimum atomic E-state index is -0.378. The van der Waals surface area contributed by atoms with Crippen molar-refractivity contribution in [1.82, 2.24) is 0 Å². The van der Waals surface area contributed by atoms with Gasteiger partial charge >= 0.3 is 5.97 Å². The van der Waals surface area contributed by atoms with E-state index in [1.165, 1.54) is 0 Å². The highest BCUT2D eigenvalue weighted by Gasteiger charge is 2.20. The Morgan fingerprint density at radius 3 is 2.54 bits per heavy atom. The second-order valence-corrected chi connectivity index (χ2v) is 6.14. The summed E-state index contributed by atoms with van der Waals surface area (Å²) >= 11 is 1.60. The van der Waals surface area contributed by atoms with Gasteiger partial charge < -0.3 is 10.1 Å². The number of thioether (sulfide) groups is 1. The van der Waals surface area contributed by atoms with Crippen molar-refractivity contribution in [3.63, 3.8) is 0 Å². The van der Waals surface area contributed by atoms with Gasteiger partial charge in [-0.3, -0.25) is 9.59 Å². The van der Waals surface area contributed by atoms with Gasteiger partial charge in [-0.15, -0.1) is 11.8 Å². The van der Waals surface area contributed by atoms with Crippen molar-refractivity contribution in [3.8, 4) is 0 Å². The summed E-state index contributed by atoms with van der Waals surface area (Å²) in [5.74, 6) is -1.07. The summed E-state index contributed by atoms with van der Waals surface area (Å²) in [5, 5.41) is 2.74. The lowest BCUT2D eigenvalue weighted by Crippen LogP contribution is -2.23. The van der Waals surface area contributed by atoms with Gasteiger partial charge in [0.05, 0.1) is 5.92 Å². The molecule has 126 valence electrons. The van der Waals surface area contributed by atoms with Crippen LogP contribution in [0.3, 0.4) is 0 Å². The number of rotatable bonds is 7. The molecule has 5 heteroatoms. The minimum Gasteiger partial charge on any atom is -0.455 e. The summed E-state index contributed by atoms with van der Waals surface area (Å²) in [6.07, 6.45) is 2.59. The molecule has 1 atom stereocenters. The molecule has 0 unspecified atom stereocenters. The number of carbonyl (C=O) groups excluding carboxylic acids is 2. The average Bonchev–Trinajstić information content (AvgIpc) is 2.61. The molecule has 0 saturated carbocycles. The van der Waals surface area contributed by atoms with Gasteiger partial charge in [0, 0.05) is 10.6 Å². The maximum atomic E-state index is 12.2. The molecule has 0 bridgehead atoms. The van der Waals surface area contributed by atoms with Crippen LogP contribution in [0.4, 0.5) is 5.69 Å². The molecule has 0 aliphatic heterocycles. The Morgan fingerprint density at radius 2 is 1.88 bits per heavy atom. The summed E-state index contributed by atoms with van der Waals surface area (Å²) in [7, 11) is 0. The lowest BCUT2D eigenvalue weighted by atomic mass is 9.97. The first-order valence-corrected chi connectivity index (χ1v) is 9.02. The van der Waals surface area contributed by atoms with Crippen LogP contribution in [0.25, 0.3) is 0 Å². The zero-order chi connectivity index (χ0) is 17.4. The van der Waals surface area contributed by atoms with Crippen LogP contribution in [0.1, 0.15) is 24.8 Å². The summed E-state index contributed by atoms with van der Waals surface area (Å²) in [4.78, 5) is 25.3. The molecule has 1 amide bonds. The maximum absolute atomic E-state index is 12.2. The topological polar surface area (TPSA) is 55.4 Å². The molecule has 0 fully saturated rings. The third-order valence-corrected chi connectivity index (χ3v) is 4.32. The van der Waals surface area contributed by atoms with Crippen molar-refractivity contribution in [2.45, 2.75) is 24.2 Å². The van der Waals surface area contributed by atoms with E-state index in [2.05, 4.69) is 5.32 Å². The number of esters is 1. The smallest absolute Gasteiger partial charge is 0.313 e. The number of anilines is 1. The molecule has 1 N–H and O–H groups in total. The Bertz CT molecular complexity index is 688. The molecule has 0 heterocycles. The first kappa shape index (κ1) is 18.1. The van der Waals surface area contributed by atoms with E-state index in [1.807, 2.05) is 61.7 Å². The first-order valence-electron chi connectivity index (χ1n) is 7.79. The number of amides is 1. The summed E-state index contributed by atoms with van der Waals surface area (Å²) in [6, 6.07) is 17.0. The summed E-state index contributed by atoms with van der Waals surface area (Å²) in [6.45, 7) is 1.64. The number of carbonyl (C=O) groups is 2. The fraction of sp³-hybridized carbons (Fsp3) is 0.263. The van der Waals surface area contributed by atoms with E-state index in [0.717, 1.165) is 10.5 Å². The van der Waals surface area contributed by atoms with E-state index >= 15 is 0 Å². The standard InChI is InChI=1S/C19H21NO3S/c1-3-17(14-8-5-4-6-9-14)19(22)23-13-18(21)20-15-10-7-11-16(12-15)24-2/h4-12,17H,3,13H2,1-2H3,(H,20,21)/t17-/m0/s1. The zero-order valence-corrected chi connectivity index (χ0v) is 14.6. The predicted molar refractivity (Wildman–Crippen MR) is 97.3 cm³/mol. The lowest BCUT2D eigenvalue weighted by Gasteiger charge is -2.14. The molecule has 4 nitrogen and oxygen atoms in total. The van der Waals surface area contributed by atoms with E-state index in [1.54, 1.807) is 17.8 Å². The number of nitrogens with one attached hydrogen (secondary N) is 1. The Hall–Kier alpha value is -2.27. The van der Waals surface area contributed by atoms with Gasteiger partial charge in [0.1, 0.15) is 0 Å². The van der Waals surface area contributed by atoms with E-state index in [-0.39, 0.29) is 24.4 Å². The van der Waals surface area contributed by atoms with Crippen LogP contribution in [-0.4, -0.2) is 24.7 Å². The Balaban J connectivity index is 1.89. The third-order valence-electron chi connectivity index (χ3n) is 3.59. The van der Waals surface area contributed by atoms with Gasteiger partial charge in [0.2, 0.25) is 0 Å². The largest absolute Gasteiger partial charge is 0.455 e. The zero-order valence-electron chi connectivity index (χ0n) is 13.8. The van der Waals surface area contributed by atoms with E-state index in [4.69, 9.17) is 4.74 Å². The maximum Gasteiger partial charge on any atom is 0.313 e. The van der Waals surface area contributed by atoms with Gasteiger partial charge in [-0.25, -0.2) is 0 Å². The van der Waals surface area contributed by atoms with Crippen LogP contribution in [0.2, 0.25) is 0 Å². The first-order chi connectivity index (χ1) is 11.6. The van der Waals surface area contributed by atoms with Gasteiger partial charge in [-0.1, -0.05) is 43.3 Å². The van der Waals surface area contributed by atoms with Gasteiger partial charge in [-0.05, 0) is 36.4 Å². The van der Waals surface area contributed by atoms with E-state index in [9.17, 15) is 9.59 Å². The monoisotopic (exact) mass is 343 g/mol. The molecule has 0 radical (unpaired) electrons. The Kier molecular flexibility index (Phi) is 6.88. The number of benzene rings is 2. The summed E-state index contributed by atoms with van der Waals surface area (Å²) < 4.78 is 5.18. The second kappa shape index (κ2) is 9.13. The van der Waals surface area contributed by atoms with E-state index < -0.39 is 0 Å². The molecule has 2 aromatic rings. The average molecular weight is 343 g/mol. The highest BCUT2D eigenvalue weighted by molar-refractivity contribution is 7.98. The van der Waals surface area contributed by atoms with Crippen molar-refractivity contribution >= 4 is 29.3 Å². The van der Waals surface area contributed by atoms with Crippen LogP contribution < -0.4 is 5.32 Å². The molecule has 0 aliphatic carbocycles. The molecule has 24 heavy (non-hydrogen) atoms. The van der Waals surface area contributed by atoms with Gasteiger partial charge in [0.15, 0.2) is 6.61 Å². The van der Waals surface area contributed by atoms with Crippen LogP contribution in [-0.2, 0) is 14.3 Å². The molecular weight excluding hydrogens is 322 g/mol. The van der Waals surface area contributed by atoms with Crippen molar-refractivity contribution in [3.05, 3.63) is 60.2 Å². The van der Waals surface area contributed by atoms with Gasteiger partial charge in [-0.2, -0.15) is 0 Å². The Morgan fingerprint density at radius 1 is 1.12 bits per heavy atom.